The van der Waals surface area contributed by atoms with Gasteiger partial charge >= 0.3 is 0 Å². The minimum Gasteiger partial charge on any atom is -0.326 e. The molecule has 2 N–H and O–H groups in total. The molecular formula is C24H21ClN4O2. The maximum atomic E-state index is 13.1. The predicted octanol–water partition coefficient (Wildman–Crippen LogP) is 4.86. The highest BCUT2D eigenvalue weighted by molar-refractivity contribution is 6.31. The van der Waals surface area contributed by atoms with Gasteiger partial charge in [-0.05, 0) is 48.9 Å². The Morgan fingerprint density at radius 2 is 1.68 bits per heavy atom. The maximum absolute atomic E-state index is 13.1. The number of hydrogen-bond donors (Lipinski definition) is 2. The number of nitrogens with zero attached hydrogens (tertiary/aromatic N) is 2. The Balaban J connectivity index is 1.66. The van der Waals surface area contributed by atoms with E-state index in [2.05, 4.69) is 15.6 Å². The molecule has 0 spiro atoms. The summed E-state index contributed by atoms with van der Waals surface area (Å²) in [5.41, 5.74) is 2.81. The first-order chi connectivity index (χ1) is 15.0. The highest BCUT2D eigenvalue weighted by Gasteiger charge is 2.34. The van der Waals surface area contributed by atoms with E-state index in [4.69, 9.17) is 11.6 Å². The summed E-state index contributed by atoms with van der Waals surface area (Å²) in [7, 11) is 0. The second kappa shape index (κ2) is 9.02. The first-order valence-electron chi connectivity index (χ1n) is 9.87. The van der Waals surface area contributed by atoms with Crippen molar-refractivity contribution in [2.24, 2.45) is 4.99 Å². The summed E-state index contributed by atoms with van der Waals surface area (Å²) in [5, 5.41) is 6.59. The van der Waals surface area contributed by atoms with Crippen LogP contribution < -0.4 is 15.5 Å². The lowest BCUT2D eigenvalue weighted by atomic mass is 10.1. The van der Waals surface area contributed by atoms with E-state index in [-0.39, 0.29) is 18.2 Å². The quantitative estimate of drug-likeness (QED) is 0.618. The third-order valence-electron chi connectivity index (χ3n) is 4.98. The molecule has 1 atom stereocenters. The highest BCUT2D eigenvalue weighted by atomic mass is 35.5. The maximum Gasteiger partial charge on any atom is 0.249 e. The van der Waals surface area contributed by atoms with E-state index in [1.54, 1.807) is 18.2 Å². The van der Waals surface area contributed by atoms with Crippen molar-refractivity contribution in [1.82, 2.24) is 0 Å². The number of carbonyl (C=O) groups excluding carboxylic acids is 2. The molecule has 1 unspecified atom stereocenters. The van der Waals surface area contributed by atoms with Crippen molar-refractivity contribution < 1.29 is 9.59 Å². The largest absolute Gasteiger partial charge is 0.326 e. The van der Waals surface area contributed by atoms with Crippen molar-refractivity contribution in [2.75, 3.05) is 15.5 Å². The van der Waals surface area contributed by atoms with Gasteiger partial charge in [0.1, 0.15) is 6.04 Å². The molecule has 4 rings (SSSR count). The van der Waals surface area contributed by atoms with Gasteiger partial charge in [-0.3, -0.25) is 14.5 Å². The van der Waals surface area contributed by atoms with E-state index in [0.717, 1.165) is 11.3 Å². The molecule has 1 aliphatic heterocycles. The molecule has 1 heterocycles. The van der Waals surface area contributed by atoms with Gasteiger partial charge in [0.15, 0.2) is 0 Å². The number of carbonyl (C=O) groups is 2. The van der Waals surface area contributed by atoms with Gasteiger partial charge in [-0.15, -0.1) is 0 Å². The molecule has 0 saturated carbocycles. The zero-order valence-corrected chi connectivity index (χ0v) is 17.6. The second-order valence-corrected chi connectivity index (χ2v) is 7.54. The van der Waals surface area contributed by atoms with Crippen LogP contribution >= 0.6 is 11.6 Å². The van der Waals surface area contributed by atoms with Crippen molar-refractivity contribution in [3.8, 4) is 0 Å². The van der Waals surface area contributed by atoms with Crippen LogP contribution in [-0.4, -0.2) is 23.8 Å². The van der Waals surface area contributed by atoms with Gasteiger partial charge in [-0.1, -0.05) is 54.1 Å². The van der Waals surface area contributed by atoms with Gasteiger partial charge in [0.05, 0.1) is 12.1 Å². The van der Waals surface area contributed by atoms with Crippen LogP contribution in [0, 0.1) is 6.92 Å². The molecular weight excluding hydrogens is 412 g/mol. The Bertz CT molecular complexity index is 1130. The smallest absolute Gasteiger partial charge is 0.249 e. The van der Waals surface area contributed by atoms with Crippen molar-refractivity contribution >= 4 is 46.4 Å². The Labute approximate surface area is 185 Å². The average Bonchev–Trinajstić information content (AvgIpc) is 2.78. The van der Waals surface area contributed by atoms with Crippen LogP contribution in [0.25, 0.3) is 0 Å². The monoisotopic (exact) mass is 432 g/mol. The van der Waals surface area contributed by atoms with Gasteiger partial charge in [-0.2, -0.15) is 0 Å². The van der Waals surface area contributed by atoms with Crippen molar-refractivity contribution in [3.05, 3.63) is 89.4 Å². The lowest BCUT2D eigenvalue weighted by Crippen LogP contribution is -2.49. The van der Waals surface area contributed by atoms with Crippen LogP contribution in [0.3, 0.4) is 0 Å². The summed E-state index contributed by atoms with van der Waals surface area (Å²) >= 11 is 6.16. The fraction of sp³-hybridized carbons (Fsp3) is 0.125. The highest BCUT2D eigenvalue weighted by Crippen LogP contribution is 2.25. The van der Waals surface area contributed by atoms with Crippen LogP contribution in [0.15, 0.2) is 83.9 Å². The standard InChI is InChI=1S/C24H21ClN4O2/c1-16-19(25)13-8-14-20(16)27-23(31)21-15-22(30)29(18-11-6-3-7-12-18)24(28-21)26-17-9-4-2-5-10-17/h2-14,21H,15H2,1H3,(H,26,28)(H,27,31). The first-order valence-corrected chi connectivity index (χ1v) is 10.2. The van der Waals surface area contributed by atoms with Gasteiger partial charge in [0.2, 0.25) is 17.8 Å². The van der Waals surface area contributed by atoms with E-state index in [1.807, 2.05) is 67.6 Å². The molecule has 0 radical (unpaired) electrons. The Morgan fingerprint density at radius 3 is 2.39 bits per heavy atom. The van der Waals surface area contributed by atoms with Crippen LogP contribution in [0.2, 0.25) is 5.02 Å². The molecule has 2 amide bonds. The number of guanidine groups is 1. The summed E-state index contributed by atoms with van der Waals surface area (Å²) in [6.07, 6.45) is -0.0414. The minimum absolute atomic E-state index is 0.0414. The van der Waals surface area contributed by atoms with Crippen LogP contribution in [0.1, 0.15) is 12.0 Å². The van der Waals surface area contributed by atoms with Crippen LogP contribution in [-0.2, 0) is 9.59 Å². The Hall–Kier alpha value is -3.64. The molecule has 3 aromatic carbocycles. The van der Waals surface area contributed by atoms with E-state index in [0.29, 0.717) is 22.4 Å². The molecule has 1 aliphatic rings. The number of para-hydroxylation sites is 2. The molecule has 0 aromatic heterocycles. The van der Waals surface area contributed by atoms with Crippen molar-refractivity contribution in [1.29, 1.82) is 0 Å². The minimum atomic E-state index is -0.864. The van der Waals surface area contributed by atoms with Crippen LogP contribution in [0.5, 0.6) is 0 Å². The zero-order chi connectivity index (χ0) is 21.8. The van der Waals surface area contributed by atoms with Crippen molar-refractivity contribution in [2.45, 2.75) is 19.4 Å². The van der Waals surface area contributed by atoms with E-state index >= 15 is 0 Å². The predicted molar refractivity (Wildman–Crippen MR) is 125 cm³/mol. The summed E-state index contributed by atoms with van der Waals surface area (Å²) in [6, 6.07) is 23.1. The molecule has 6 nitrogen and oxygen atoms in total. The normalized spacial score (nSPS) is 15.9. The first kappa shape index (κ1) is 20.6. The Morgan fingerprint density at radius 1 is 1.00 bits per heavy atom. The van der Waals surface area contributed by atoms with Gasteiger partial charge in [0, 0.05) is 16.4 Å². The SMILES string of the molecule is Cc1c(Cl)cccc1NC(=O)C1CC(=O)N(c2ccccc2)C(Nc2ccccc2)=N1. The van der Waals surface area contributed by atoms with E-state index in [9.17, 15) is 9.59 Å². The number of hydrogen-bond acceptors (Lipinski definition) is 4. The lowest BCUT2D eigenvalue weighted by molar-refractivity contribution is -0.123. The summed E-state index contributed by atoms with van der Waals surface area (Å²) in [6.45, 7) is 1.83. The molecule has 0 aliphatic carbocycles. The summed E-state index contributed by atoms with van der Waals surface area (Å²) in [5.74, 6) is -0.280. The number of rotatable bonds is 4. The van der Waals surface area contributed by atoms with Gasteiger partial charge < -0.3 is 10.6 Å². The van der Waals surface area contributed by atoms with Crippen molar-refractivity contribution in [3.63, 3.8) is 0 Å². The summed E-state index contributed by atoms with van der Waals surface area (Å²) in [4.78, 5) is 32.1. The van der Waals surface area contributed by atoms with E-state index in [1.165, 1.54) is 4.90 Å². The molecule has 0 fully saturated rings. The fourth-order valence-corrected chi connectivity index (χ4v) is 3.49. The van der Waals surface area contributed by atoms with Gasteiger partial charge in [0.25, 0.3) is 0 Å². The second-order valence-electron chi connectivity index (χ2n) is 7.13. The molecule has 0 bridgehead atoms. The number of anilines is 3. The fourth-order valence-electron chi connectivity index (χ4n) is 3.32. The zero-order valence-electron chi connectivity index (χ0n) is 16.9. The number of benzene rings is 3. The van der Waals surface area contributed by atoms with E-state index < -0.39 is 6.04 Å². The van der Waals surface area contributed by atoms with Crippen LogP contribution in [0.4, 0.5) is 17.1 Å². The third-order valence-corrected chi connectivity index (χ3v) is 5.39. The number of nitrogens with one attached hydrogen (secondary N) is 2. The molecule has 7 heteroatoms. The van der Waals surface area contributed by atoms with Gasteiger partial charge in [-0.25, -0.2) is 4.99 Å². The number of amides is 2. The Kier molecular flexibility index (Phi) is 6.00. The molecule has 156 valence electrons. The average molecular weight is 433 g/mol. The number of aliphatic imine (C=N–C) groups is 1. The molecule has 3 aromatic rings. The lowest BCUT2D eigenvalue weighted by Gasteiger charge is -2.31. The third kappa shape index (κ3) is 4.59. The topological polar surface area (TPSA) is 73.8 Å². The molecule has 31 heavy (non-hydrogen) atoms. The number of halogens is 1. The summed E-state index contributed by atoms with van der Waals surface area (Å²) < 4.78 is 0. The molecule has 0 saturated heterocycles.